The van der Waals surface area contributed by atoms with E-state index in [9.17, 15) is 60.7 Å². The Hall–Kier alpha value is -3.14. The number of ether oxygens (including phenoxy) is 6. The summed E-state index contributed by atoms with van der Waals surface area (Å²) in [6.07, 6.45) is -14.8. The van der Waals surface area contributed by atoms with Gasteiger partial charge in [-0.15, -0.1) is 0 Å². The largest absolute Gasteiger partial charge is 0.504 e. The Morgan fingerprint density at radius 2 is 1.43 bits per heavy atom. The van der Waals surface area contributed by atoms with Crippen LogP contribution in [0, 0.1) is 0 Å². The van der Waals surface area contributed by atoms with Crippen LogP contribution in [0.3, 0.4) is 0 Å². The number of aliphatic carboxylic acids is 1. The molecule has 2 saturated heterocycles. The van der Waals surface area contributed by atoms with Crippen LogP contribution in [0.25, 0.3) is 6.08 Å². The maximum Gasteiger partial charge on any atom is 0.309 e. The zero-order valence-electron chi connectivity index (χ0n) is 24.9. The standard InChI is InChI=1S/C28H40O18/c1-28(8-17(32)33,46-27-24(40)22(38)20(36)16(11-30)44-27)9-18(34)42-5-3-4-12-6-13(31)25(14(7-12)41-2)45-26-23(39)21(37)19(35)15(10-29)43-26/h3-4,6-7,15-16,19-24,26-27,29-31,35-40H,5,8-11H2,1-2H3,(H,32,33)/b4-3+/t15-,16-,19-,20-,21+,22+,23-,24-,26-,27+,28+/m1/s1. The van der Waals surface area contributed by atoms with Gasteiger partial charge in [-0.25, -0.2) is 0 Å². The maximum absolute atomic E-state index is 12.6. The Bertz CT molecular complexity index is 1210. The highest BCUT2D eigenvalue weighted by molar-refractivity contribution is 5.74. The normalized spacial score (nSPS) is 32.9. The number of carbonyl (C=O) groups excluding carboxylic acids is 1. The molecule has 260 valence electrons. The van der Waals surface area contributed by atoms with Gasteiger partial charge in [-0.1, -0.05) is 6.08 Å². The Morgan fingerprint density at radius 1 is 0.870 bits per heavy atom. The number of carboxylic acid groups (broad SMARTS) is 1. The van der Waals surface area contributed by atoms with Crippen LogP contribution in [0.1, 0.15) is 25.3 Å². The molecular formula is C28H40O18. The molecule has 0 radical (unpaired) electrons. The van der Waals surface area contributed by atoms with Gasteiger partial charge >= 0.3 is 11.9 Å². The minimum absolute atomic E-state index is 0.0385. The van der Waals surface area contributed by atoms with Crippen molar-refractivity contribution in [1.29, 1.82) is 0 Å². The van der Waals surface area contributed by atoms with Crippen LogP contribution < -0.4 is 9.47 Å². The van der Waals surface area contributed by atoms with Crippen molar-refractivity contribution in [3.05, 3.63) is 23.8 Å². The van der Waals surface area contributed by atoms with Crippen molar-refractivity contribution in [3.63, 3.8) is 0 Å². The van der Waals surface area contributed by atoms with Crippen molar-refractivity contribution in [2.24, 2.45) is 0 Å². The number of methoxy groups -OCH3 is 1. The molecule has 0 unspecified atom stereocenters. The molecule has 0 aliphatic carbocycles. The van der Waals surface area contributed by atoms with Gasteiger partial charge in [0.05, 0.1) is 38.8 Å². The van der Waals surface area contributed by atoms with Gasteiger partial charge in [0, 0.05) is 0 Å². The molecule has 2 fully saturated rings. The van der Waals surface area contributed by atoms with Crippen molar-refractivity contribution in [3.8, 4) is 17.2 Å². The average Bonchev–Trinajstić information content (AvgIpc) is 3.00. The molecule has 18 nitrogen and oxygen atoms in total. The predicted octanol–water partition coefficient (Wildman–Crippen LogP) is -3.42. The second-order valence-electron chi connectivity index (χ2n) is 11.0. The van der Waals surface area contributed by atoms with Crippen molar-refractivity contribution >= 4 is 18.0 Å². The smallest absolute Gasteiger partial charge is 0.309 e. The predicted molar refractivity (Wildman–Crippen MR) is 149 cm³/mol. The molecule has 18 heteroatoms. The molecule has 2 aliphatic rings. The van der Waals surface area contributed by atoms with E-state index in [1.165, 1.54) is 38.3 Å². The number of hydrogen-bond acceptors (Lipinski definition) is 17. The van der Waals surface area contributed by atoms with Gasteiger partial charge in [-0.3, -0.25) is 9.59 Å². The number of rotatable bonds is 14. The minimum Gasteiger partial charge on any atom is -0.504 e. The van der Waals surface area contributed by atoms with Gasteiger partial charge in [0.2, 0.25) is 12.0 Å². The van der Waals surface area contributed by atoms with Crippen LogP contribution in [-0.2, 0) is 28.5 Å². The molecule has 0 spiro atoms. The van der Waals surface area contributed by atoms with E-state index < -0.39 is 111 Å². The molecule has 0 aromatic heterocycles. The molecule has 0 bridgehead atoms. The average molecular weight is 665 g/mol. The highest BCUT2D eigenvalue weighted by Crippen LogP contribution is 2.40. The number of phenols is 1. The number of aliphatic hydroxyl groups excluding tert-OH is 8. The minimum atomic E-state index is -1.83. The van der Waals surface area contributed by atoms with E-state index in [1.807, 2.05) is 0 Å². The first-order valence-electron chi connectivity index (χ1n) is 14.0. The van der Waals surface area contributed by atoms with E-state index in [2.05, 4.69) is 0 Å². The number of esters is 1. The van der Waals surface area contributed by atoms with E-state index >= 15 is 0 Å². The van der Waals surface area contributed by atoms with Crippen LogP contribution in [0.2, 0.25) is 0 Å². The lowest BCUT2D eigenvalue weighted by Crippen LogP contribution is -2.60. The molecule has 2 aliphatic heterocycles. The molecule has 2 heterocycles. The monoisotopic (exact) mass is 664 g/mol. The van der Waals surface area contributed by atoms with Gasteiger partial charge in [-0.2, -0.15) is 0 Å². The first kappa shape index (κ1) is 37.3. The Labute approximate surface area is 262 Å². The summed E-state index contributed by atoms with van der Waals surface area (Å²) < 4.78 is 32.0. The Balaban J connectivity index is 1.63. The molecule has 1 aromatic rings. The van der Waals surface area contributed by atoms with Gasteiger partial charge < -0.3 is 79.5 Å². The summed E-state index contributed by atoms with van der Waals surface area (Å²) in [5.41, 5.74) is -1.48. The third-order valence-corrected chi connectivity index (χ3v) is 7.30. The summed E-state index contributed by atoms with van der Waals surface area (Å²) in [5, 5.41) is 99.0. The first-order valence-corrected chi connectivity index (χ1v) is 14.0. The summed E-state index contributed by atoms with van der Waals surface area (Å²) in [6.45, 7) is -0.518. The zero-order valence-corrected chi connectivity index (χ0v) is 24.9. The number of aliphatic hydroxyl groups is 8. The number of benzene rings is 1. The Kier molecular flexibility index (Phi) is 13.1. The number of carbonyl (C=O) groups is 2. The molecule has 1 aromatic carbocycles. The lowest BCUT2D eigenvalue weighted by atomic mass is 9.95. The second-order valence-corrected chi connectivity index (χ2v) is 11.0. The van der Waals surface area contributed by atoms with Crippen LogP contribution in [0.5, 0.6) is 17.2 Å². The summed E-state index contributed by atoms with van der Waals surface area (Å²) in [7, 11) is 1.25. The molecular weight excluding hydrogens is 624 g/mol. The molecule has 10 N–H and O–H groups in total. The summed E-state index contributed by atoms with van der Waals surface area (Å²) in [5.74, 6) is -3.09. The van der Waals surface area contributed by atoms with E-state index in [-0.39, 0.29) is 18.1 Å². The van der Waals surface area contributed by atoms with Crippen molar-refractivity contribution < 1.29 is 89.1 Å². The molecule has 3 rings (SSSR count). The van der Waals surface area contributed by atoms with Crippen LogP contribution in [0.15, 0.2) is 18.2 Å². The van der Waals surface area contributed by atoms with E-state index in [0.29, 0.717) is 5.56 Å². The second kappa shape index (κ2) is 16.1. The summed E-state index contributed by atoms with van der Waals surface area (Å²) >= 11 is 0. The summed E-state index contributed by atoms with van der Waals surface area (Å²) in [6, 6.07) is 2.62. The van der Waals surface area contributed by atoms with Gasteiger partial charge in [-0.05, 0) is 30.7 Å². The van der Waals surface area contributed by atoms with E-state index in [1.54, 1.807) is 0 Å². The Morgan fingerprint density at radius 3 is 1.98 bits per heavy atom. The molecule has 46 heavy (non-hydrogen) atoms. The fourth-order valence-corrected chi connectivity index (χ4v) is 4.85. The lowest BCUT2D eigenvalue weighted by molar-refractivity contribution is -0.325. The lowest BCUT2D eigenvalue weighted by Gasteiger charge is -2.42. The van der Waals surface area contributed by atoms with Crippen LogP contribution in [0.4, 0.5) is 0 Å². The van der Waals surface area contributed by atoms with E-state index in [0.717, 1.165) is 0 Å². The number of carboxylic acids is 1. The molecule has 11 atom stereocenters. The summed E-state index contributed by atoms with van der Waals surface area (Å²) in [4.78, 5) is 24.1. The number of hydrogen-bond donors (Lipinski definition) is 10. The quantitative estimate of drug-likeness (QED) is 0.0866. The van der Waals surface area contributed by atoms with E-state index in [4.69, 9.17) is 28.4 Å². The topological polar surface area (TPSA) is 292 Å². The molecule has 0 amide bonds. The number of phenolic OH excluding ortho intramolecular Hbond substituents is 1. The fraction of sp³-hybridized carbons (Fsp3) is 0.643. The molecule has 0 saturated carbocycles. The third-order valence-electron chi connectivity index (χ3n) is 7.30. The van der Waals surface area contributed by atoms with Gasteiger partial charge in [0.25, 0.3) is 0 Å². The number of aromatic hydroxyl groups is 1. The first-order chi connectivity index (χ1) is 21.6. The van der Waals surface area contributed by atoms with Gasteiger partial charge in [0.1, 0.15) is 55.4 Å². The maximum atomic E-state index is 12.6. The van der Waals surface area contributed by atoms with Crippen molar-refractivity contribution in [1.82, 2.24) is 0 Å². The fourth-order valence-electron chi connectivity index (χ4n) is 4.85. The third kappa shape index (κ3) is 9.02. The van der Waals surface area contributed by atoms with Crippen molar-refractivity contribution in [2.45, 2.75) is 86.8 Å². The SMILES string of the molecule is COc1cc(/C=C/COC(=O)C[C@](C)(CC(=O)O)O[C@@H]2O[C@H](CO)[C@@H](O)[C@H](O)[C@H]2O)cc(O)c1O[C@H]1O[C@H](CO)[C@@H](O)[C@H](O)[C@H]1O. The highest BCUT2D eigenvalue weighted by Gasteiger charge is 2.48. The van der Waals surface area contributed by atoms with Crippen LogP contribution in [-0.4, -0.2) is 157 Å². The van der Waals surface area contributed by atoms with Crippen molar-refractivity contribution in [2.75, 3.05) is 26.9 Å². The zero-order chi connectivity index (χ0) is 34.3. The highest BCUT2D eigenvalue weighted by atomic mass is 16.7. The van der Waals surface area contributed by atoms with Gasteiger partial charge in [0.15, 0.2) is 17.8 Å². The van der Waals surface area contributed by atoms with Crippen LogP contribution >= 0.6 is 0 Å².